The van der Waals surface area contributed by atoms with Gasteiger partial charge >= 0.3 is 0 Å². The number of nitrogens with zero attached hydrogens (tertiary/aromatic N) is 3. The minimum atomic E-state index is -0.0209. The molecule has 1 N–H and O–H groups in total. The summed E-state index contributed by atoms with van der Waals surface area (Å²) in [7, 11) is 2.16. The van der Waals surface area contributed by atoms with E-state index in [0.29, 0.717) is 22.4 Å². The van der Waals surface area contributed by atoms with Gasteiger partial charge in [-0.2, -0.15) is 5.10 Å². The maximum absolute atomic E-state index is 12.3. The van der Waals surface area contributed by atoms with Crippen LogP contribution < -0.4 is 10.9 Å². The molecule has 21 heavy (non-hydrogen) atoms. The molecule has 0 aromatic carbocycles. The van der Waals surface area contributed by atoms with Gasteiger partial charge in [0.2, 0.25) is 0 Å². The van der Waals surface area contributed by atoms with Crippen molar-refractivity contribution >= 4 is 21.6 Å². The zero-order valence-corrected chi connectivity index (χ0v) is 14.3. The van der Waals surface area contributed by atoms with Gasteiger partial charge in [0.15, 0.2) is 0 Å². The van der Waals surface area contributed by atoms with E-state index in [-0.39, 0.29) is 5.56 Å². The fourth-order valence-corrected chi connectivity index (χ4v) is 3.43. The first-order valence-electron chi connectivity index (χ1n) is 7.75. The Morgan fingerprint density at radius 1 is 1.43 bits per heavy atom. The number of rotatable bonds is 4. The highest BCUT2D eigenvalue weighted by atomic mass is 79.9. The Kier molecular flexibility index (Phi) is 4.36. The fourth-order valence-electron chi connectivity index (χ4n) is 3.01. The molecule has 2 aliphatic rings. The summed E-state index contributed by atoms with van der Waals surface area (Å²) in [6, 6.07) is 0.401. The highest BCUT2D eigenvalue weighted by molar-refractivity contribution is 9.10. The Morgan fingerprint density at radius 3 is 2.86 bits per heavy atom. The molecule has 116 valence electrons. The topological polar surface area (TPSA) is 50.2 Å². The highest BCUT2D eigenvalue weighted by Crippen LogP contribution is 2.30. The SMILES string of the molecule is CC1CN(C)CCC1Nc1cnn(CC2CC2)c(=O)c1Br. The third-order valence-corrected chi connectivity index (χ3v) is 5.33. The Hall–Kier alpha value is -0.880. The van der Waals surface area contributed by atoms with E-state index in [9.17, 15) is 4.79 Å². The van der Waals surface area contributed by atoms with Crippen molar-refractivity contribution in [2.24, 2.45) is 11.8 Å². The van der Waals surface area contributed by atoms with Crippen molar-refractivity contribution in [3.8, 4) is 0 Å². The van der Waals surface area contributed by atoms with E-state index in [1.165, 1.54) is 12.8 Å². The Balaban J connectivity index is 1.73. The summed E-state index contributed by atoms with van der Waals surface area (Å²) < 4.78 is 2.20. The van der Waals surface area contributed by atoms with Crippen LogP contribution in [0.4, 0.5) is 5.69 Å². The van der Waals surface area contributed by atoms with E-state index in [2.05, 4.69) is 45.2 Å². The van der Waals surface area contributed by atoms with Crippen molar-refractivity contribution in [1.29, 1.82) is 0 Å². The fraction of sp³-hybridized carbons (Fsp3) is 0.733. The molecule has 0 spiro atoms. The van der Waals surface area contributed by atoms with Crippen molar-refractivity contribution < 1.29 is 0 Å². The first kappa shape index (κ1) is 15.0. The first-order chi connectivity index (χ1) is 10.0. The second kappa shape index (κ2) is 6.08. The third-order valence-electron chi connectivity index (χ3n) is 4.56. The number of hydrogen-bond acceptors (Lipinski definition) is 4. The van der Waals surface area contributed by atoms with Crippen LogP contribution in [0.25, 0.3) is 0 Å². The lowest BCUT2D eigenvalue weighted by atomic mass is 9.94. The molecule has 0 bridgehead atoms. The number of anilines is 1. The van der Waals surface area contributed by atoms with Crippen molar-refractivity contribution in [3.05, 3.63) is 21.0 Å². The second-order valence-electron chi connectivity index (χ2n) is 6.58. The average molecular weight is 355 g/mol. The molecule has 2 atom stereocenters. The van der Waals surface area contributed by atoms with Crippen LogP contribution in [0, 0.1) is 11.8 Å². The molecule has 1 aromatic heterocycles. The van der Waals surface area contributed by atoms with Gasteiger partial charge in [-0.05, 0) is 60.6 Å². The van der Waals surface area contributed by atoms with Gasteiger partial charge in [-0.25, -0.2) is 4.68 Å². The van der Waals surface area contributed by atoms with Gasteiger partial charge in [0, 0.05) is 19.1 Å². The lowest BCUT2D eigenvalue weighted by molar-refractivity contribution is 0.206. The Labute approximate surface area is 133 Å². The molecule has 1 aliphatic carbocycles. The summed E-state index contributed by atoms with van der Waals surface area (Å²) in [5.41, 5.74) is 0.806. The Morgan fingerprint density at radius 2 is 2.19 bits per heavy atom. The van der Waals surface area contributed by atoms with E-state index in [1.54, 1.807) is 10.9 Å². The lowest BCUT2D eigenvalue weighted by Crippen LogP contribution is -2.43. The average Bonchev–Trinajstić information content (AvgIpc) is 3.25. The molecule has 1 saturated heterocycles. The number of nitrogens with one attached hydrogen (secondary N) is 1. The number of hydrogen-bond donors (Lipinski definition) is 1. The molecular formula is C15H23BrN4O. The van der Waals surface area contributed by atoms with Crippen molar-refractivity contribution in [1.82, 2.24) is 14.7 Å². The van der Waals surface area contributed by atoms with Crippen molar-refractivity contribution in [3.63, 3.8) is 0 Å². The van der Waals surface area contributed by atoms with Crippen LogP contribution in [-0.4, -0.2) is 40.9 Å². The van der Waals surface area contributed by atoms with Crippen LogP contribution in [0.1, 0.15) is 26.2 Å². The van der Waals surface area contributed by atoms with Gasteiger partial charge in [0.05, 0.1) is 11.9 Å². The number of halogens is 1. The molecule has 2 fully saturated rings. The molecule has 1 aromatic rings. The lowest BCUT2D eigenvalue weighted by Gasteiger charge is -2.35. The molecule has 1 aliphatic heterocycles. The zero-order valence-electron chi connectivity index (χ0n) is 12.7. The zero-order chi connectivity index (χ0) is 15.0. The number of likely N-dealkylation sites (tertiary alicyclic amines) is 1. The molecule has 2 unspecified atom stereocenters. The minimum Gasteiger partial charge on any atom is -0.380 e. The Bertz CT molecular complexity index is 569. The molecule has 0 amide bonds. The minimum absolute atomic E-state index is 0.0209. The van der Waals surface area contributed by atoms with E-state index in [0.717, 1.165) is 31.7 Å². The van der Waals surface area contributed by atoms with E-state index in [1.807, 2.05) is 0 Å². The molecule has 1 saturated carbocycles. The van der Waals surface area contributed by atoms with Crippen LogP contribution in [-0.2, 0) is 6.54 Å². The van der Waals surface area contributed by atoms with Crippen molar-refractivity contribution in [2.75, 3.05) is 25.5 Å². The summed E-state index contributed by atoms with van der Waals surface area (Å²) in [5, 5.41) is 7.83. The second-order valence-corrected chi connectivity index (χ2v) is 7.37. The van der Waals surface area contributed by atoms with Gasteiger partial charge in [-0.15, -0.1) is 0 Å². The summed E-state index contributed by atoms with van der Waals surface area (Å²) in [6.07, 6.45) is 5.33. The van der Waals surface area contributed by atoms with Gasteiger partial charge in [0.1, 0.15) is 4.47 Å². The molecule has 0 radical (unpaired) electrons. The highest BCUT2D eigenvalue weighted by Gasteiger charge is 2.26. The summed E-state index contributed by atoms with van der Waals surface area (Å²) in [4.78, 5) is 14.7. The van der Waals surface area contributed by atoms with Crippen molar-refractivity contribution in [2.45, 2.75) is 38.8 Å². The third kappa shape index (κ3) is 3.48. The predicted octanol–water partition coefficient (Wildman–Crippen LogP) is 2.17. The smallest absolute Gasteiger partial charge is 0.283 e. The molecule has 3 rings (SSSR count). The van der Waals surface area contributed by atoms with E-state index < -0.39 is 0 Å². The molecule has 2 heterocycles. The van der Waals surface area contributed by atoms with Crippen LogP contribution >= 0.6 is 15.9 Å². The normalized spacial score (nSPS) is 26.8. The summed E-state index contributed by atoms with van der Waals surface area (Å²) in [6.45, 7) is 5.18. The van der Waals surface area contributed by atoms with E-state index in [4.69, 9.17) is 0 Å². The van der Waals surface area contributed by atoms with Gasteiger partial charge in [-0.3, -0.25) is 4.79 Å². The quantitative estimate of drug-likeness (QED) is 0.900. The standard InChI is InChI=1S/C15H23BrN4O/c1-10-8-19(2)6-5-12(10)18-13-7-17-20(9-11-3-4-11)15(21)14(13)16/h7,10-12,18H,3-6,8-9H2,1-2H3. The maximum atomic E-state index is 12.3. The van der Waals surface area contributed by atoms with Gasteiger partial charge < -0.3 is 10.2 Å². The molecule has 6 heteroatoms. The predicted molar refractivity (Wildman–Crippen MR) is 87.6 cm³/mol. The first-order valence-corrected chi connectivity index (χ1v) is 8.54. The maximum Gasteiger partial charge on any atom is 0.283 e. The van der Waals surface area contributed by atoms with E-state index >= 15 is 0 Å². The molecule has 5 nitrogen and oxygen atoms in total. The van der Waals surface area contributed by atoms with Gasteiger partial charge in [0.25, 0.3) is 5.56 Å². The number of piperidine rings is 1. The number of aromatic nitrogens is 2. The van der Waals surface area contributed by atoms with Crippen LogP contribution in [0.2, 0.25) is 0 Å². The van der Waals surface area contributed by atoms with Crippen LogP contribution in [0.15, 0.2) is 15.5 Å². The largest absolute Gasteiger partial charge is 0.380 e. The summed E-state index contributed by atoms with van der Waals surface area (Å²) in [5.74, 6) is 1.21. The molecular weight excluding hydrogens is 332 g/mol. The van der Waals surface area contributed by atoms with Crippen LogP contribution in [0.5, 0.6) is 0 Å². The van der Waals surface area contributed by atoms with Crippen LogP contribution in [0.3, 0.4) is 0 Å². The summed E-state index contributed by atoms with van der Waals surface area (Å²) >= 11 is 3.45. The monoisotopic (exact) mass is 354 g/mol. The van der Waals surface area contributed by atoms with Gasteiger partial charge in [-0.1, -0.05) is 6.92 Å².